The highest BCUT2D eigenvalue weighted by Gasteiger charge is 2.09. The summed E-state index contributed by atoms with van der Waals surface area (Å²) in [7, 11) is 3.11. The van der Waals surface area contributed by atoms with Crippen LogP contribution < -0.4 is 20.1 Å². The van der Waals surface area contributed by atoms with Crippen LogP contribution in [0.5, 0.6) is 11.5 Å². The maximum atomic E-state index is 11.8. The van der Waals surface area contributed by atoms with Crippen LogP contribution in [0, 0.1) is 0 Å². The number of rotatable bonds is 4. The Balaban J connectivity index is 2.10. The van der Waals surface area contributed by atoms with Crippen molar-refractivity contribution in [2.24, 2.45) is 0 Å². The van der Waals surface area contributed by atoms with Crippen molar-refractivity contribution in [2.75, 3.05) is 24.9 Å². The zero-order valence-corrected chi connectivity index (χ0v) is 11.4. The predicted molar refractivity (Wildman–Crippen MR) is 76.5 cm³/mol. The largest absolute Gasteiger partial charge is 0.497 e. The molecule has 0 radical (unpaired) electrons. The fourth-order valence-corrected chi connectivity index (χ4v) is 2.14. The van der Waals surface area contributed by atoms with E-state index in [4.69, 9.17) is 9.47 Å². The molecule has 2 N–H and O–H groups in total. The Morgan fingerprint density at radius 2 is 2.00 bits per heavy atom. The van der Waals surface area contributed by atoms with Crippen molar-refractivity contribution in [1.82, 2.24) is 0 Å². The first-order valence-electron chi connectivity index (χ1n) is 5.56. The van der Waals surface area contributed by atoms with Gasteiger partial charge < -0.3 is 14.8 Å². The lowest BCUT2D eigenvalue weighted by atomic mass is 10.2. The van der Waals surface area contributed by atoms with Crippen LogP contribution >= 0.6 is 11.3 Å². The second kappa shape index (κ2) is 6.10. The summed E-state index contributed by atoms with van der Waals surface area (Å²) >= 11 is 1.45. The molecule has 0 aliphatic heterocycles. The van der Waals surface area contributed by atoms with E-state index >= 15 is 0 Å². The minimum absolute atomic E-state index is 0.325. The third-order valence-corrected chi connectivity index (χ3v) is 3.20. The predicted octanol–water partition coefficient (Wildman–Crippen LogP) is 3.41. The summed E-state index contributed by atoms with van der Waals surface area (Å²) in [4.78, 5) is 11.8. The van der Waals surface area contributed by atoms with Gasteiger partial charge in [0.05, 0.1) is 24.9 Å². The Morgan fingerprint density at radius 1 is 1.16 bits per heavy atom. The number of urea groups is 1. The van der Waals surface area contributed by atoms with Crippen molar-refractivity contribution in [3.8, 4) is 11.5 Å². The fourth-order valence-electron chi connectivity index (χ4n) is 1.53. The summed E-state index contributed by atoms with van der Waals surface area (Å²) < 4.78 is 10.3. The van der Waals surface area contributed by atoms with E-state index in [1.54, 1.807) is 32.4 Å². The lowest BCUT2D eigenvalue weighted by Gasteiger charge is -2.11. The van der Waals surface area contributed by atoms with Gasteiger partial charge in [-0.15, -0.1) is 11.3 Å². The van der Waals surface area contributed by atoms with Gasteiger partial charge in [-0.3, -0.25) is 5.32 Å². The summed E-state index contributed by atoms with van der Waals surface area (Å²) in [5.41, 5.74) is 0.552. The Bertz CT molecular complexity index is 555. The average Bonchev–Trinajstić information content (AvgIpc) is 2.91. The Kier molecular flexibility index (Phi) is 4.25. The Labute approximate surface area is 115 Å². The molecule has 1 heterocycles. The van der Waals surface area contributed by atoms with Gasteiger partial charge in [0.2, 0.25) is 0 Å². The van der Waals surface area contributed by atoms with Crippen molar-refractivity contribution < 1.29 is 14.3 Å². The third-order valence-electron chi connectivity index (χ3n) is 2.41. The molecule has 0 bridgehead atoms. The molecule has 0 unspecified atom stereocenters. The fraction of sp³-hybridized carbons (Fsp3) is 0.154. The first-order chi connectivity index (χ1) is 9.22. The lowest BCUT2D eigenvalue weighted by molar-refractivity contribution is 0.262. The van der Waals surface area contributed by atoms with Gasteiger partial charge in [0.25, 0.3) is 0 Å². The quantitative estimate of drug-likeness (QED) is 0.901. The van der Waals surface area contributed by atoms with Gasteiger partial charge in [-0.2, -0.15) is 0 Å². The molecule has 0 saturated heterocycles. The minimum Gasteiger partial charge on any atom is -0.497 e. The van der Waals surface area contributed by atoms with Crippen LogP contribution in [0.1, 0.15) is 0 Å². The van der Waals surface area contributed by atoms with Gasteiger partial charge in [-0.1, -0.05) is 0 Å². The van der Waals surface area contributed by atoms with Gasteiger partial charge in [-0.25, -0.2) is 4.79 Å². The van der Waals surface area contributed by atoms with Crippen molar-refractivity contribution in [2.45, 2.75) is 0 Å². The second-order valence-corrected chi connectivity index (χ2v) is 4.57. The van der Waals surface area contributed by atoms with Crippen LogP contribution in [0.15, 0.2) is 35.7 Å². The average molecular weight is 278 g/mol. The number of ether oxygens (including phenoxy) is 2. The highest BCUT2D eigenvalue weighted by atomic mass is 32.1. The molecule has 2 amide bonds. The van der Waals surface area contributed by atoms with Crippen LogP contribution in [0.2, 0.25) is 0 Å². The summed E-state index contributed by atoms with van der Waals surface area (Å²) in [6.07, 6.45) is 0. The van der Waals surface area contributed by atoms with Gasteiger partial charge in [0, 0.05) is 6.07 Å². The SMILES string of the molecule is COc1ccc(OC)c(NC(=O)Nc2cccs2)c1. The smallest absolute Gasteiger partial charge is 0.324 e. The first-order valence-corrected chi connectivity index (χ1v) is 6.44. The highest BCUT2D eigenvalue weighted by molar-refractivity contribution is 7.14. The number of methoxy groups -OCH3 is 2. The van der Waals surface area contributed by atoms with Crippen molar-refractivity contribution in [3.05, 3.63) is 35.7 Å². The molecule has 0 atom stereocenters. The Morgan fingerprint density at radius 3 is 2.63 bits per heavy atom. The molecule has 0 aliphatic carbocycles. The van der Waals surface area contributed by atoms with Gasteiger partial charge in [0.15, 0.2) is 0 Å². The molecular weight excluding hydrogens is 264 g/mol. The van der Waals surface area contributed by atoms with E-state index in [0.29, 0.717) is 17.2 Å². The van der Waals surface area contributed by atoms with Crippen molar-refractivity contribution >= 4 is 28.1 Å². The topological polar surface area (TPSA) is 59.6 Å². The highest BCUT2D eigenvalue weighted by Crippen LogP contribution is 2.29. The molecule has 2 aromatic rings. The molecule has 5 nitrogen and oxygen atoms in total. The van der Waals surface area contributed by atoms with Gasteiger partial charge in [-0.05, 0) is 29.6 Å². The van der Waals surface area contributed by atoms with E-state index in [0.717, 1.165) is 5.00 Å². The zero-order chi connectivity index (χ0) is 13.7. The molecule has 19 heavy (non-hydrogen) atoms. The van der Waals surface area contributed by atoms with Crippen LogP contribution in [-0.4, -0.2) is 20.3 Å². The summed E-state index contributed by atoms with van der Waals surface area (Å²) in [5.74, 6) is 1.22. The maximum Gasteiger partial charge on any atom is 0.324 e. The van der Waals surface area contributed by atoms with Crippen LogP contribution in [-0.2, 0) is 0 Å². The van der Waals surface area contributed by atoms with E-state index in [9.17, 15) is 4.79 Å². The van der Waals surface area contributed by atoms with Crippen LogP contribution in [0.4, 0.5) is 15.5 Å². The van der Waals surface area contributed by atoms with E-state index in [1.807, 2.05) is 17.5 Å². The molecule has 0 fully saturated rings. The van der Waals surface area contributed by atoms with E-state index in [1.165, 1.54) is 11.3 Å². The van der Waals surface area contributed by atoms with Crippen molar-refractivity contribution in [3.63, 3.8) is 0 Å². The summed E-state index contributed by atoms with van der Waals surface area (Å²) in [6, 6.07) is 8.57. The number of carbonyl (C=O) groups excluding carboxylic acids is 1. The molecular formula is C13H14N2O3S. The van der Waals surface area contributed by atoms with Crippen LogP contribution in [0.3, 0.4) is 0 Å². The van der Waals surface area contributed by atoms with E-state index in [-0.39, 0.29) is 6.03 Å². The molecule has 2 rings (SSSR count). The molecule has 100 valence electrons. The molecule has 1 aromatic carbocycles. The van der Waals surface area contributed by atoms with E-state index in [2.05, 4.69) is 10.6 Å². The number of hydrogen-bond donors (Lipinski definition) is 2. The number of anilines is 2. The summed E-state index contributed by atoms with van der Waals surface area (Å²) in [5, 5.41) is 8.13. The number of benzene rings is 1. The number of hydrogen-bond acceptors (Lipinski definition) is 4. The molecule has 0 spiro atoms. The van der Waals surface area contributed by atoms with Gasteiger partial charge >= 0.3 is 6.03 Å². The number of carbonyl (C=O) groups is 1. The third kappa shape index (κ3) is 3.38. The molecule has 1 aromatic heterocycles. The molecule has 0 aliphatic rings. The van der Waals surface area contributed by atoms with Crippen LogP contribution in [0.25, 0.3) is 0 Å². The number of nitrogens with one attached hydrogen (secondary N) is 2. The van der Waals surface area contributed by atoms with Crippen molar-refractivity contribution in [1.29, 1.82) is 0 Å². The monoisotopic (exact) mass is 278 g/mol. The molecule has 6 heteroatoms. The first kappa shape index (κ1) is 13.2. The van der Waals surface area contributed by atoms with E-state index < -0.39 is 0 Å². The summed E-state index contributed by atoms with van der Waals surface area (Å²) in [6.45, 7) is 0. The normalized spacial score (nSPS) is 9.79. The Hall–Kier alpha value is -2.21. The van der Waals surface area contributed by atoms with Gasteiger partial charge in [0.1, 0.15) is 11.5 Å². The number of thiophene rings is 1. The maximum absolute atomic E-state index is 11.8. The second-order valence-electron chi connectivity index (χ2n) is 3.62. The zero-order valence-electron chi connectivity index (χ0n) is 10.6. The lowest BCUT2D eigenvalue weighted by Crippen LogP contribution is -2.19. The standard InChI is InChI=1S/C13H14N2O3S/c1-17-9-5-6-11(18-2)10(8-9)14-13(16)15-12-4-3-7-19-12/h3-8H,1-2H3,(H2,14,15,16). The number of amides is 2. The molecule has 0 saturated carbocycles. The minimum atomic E-state index is -0.325.